The SMILES string of the molecule is Cc1ccc(C(CBr)OCCOCC(C)C)cc1. The summed E-state index contributed by atoms with van der Waals surface area (Å²) in [7, 11) is 0. The quantitative estimate of drug-likeness (QED) is 0.531. The van der Waals surface area contributed by atoms with E-state index in [0.29, 0.717) is 19.1 Å². The third-order valence-corrected chi connectivity index (χ3v) is 3.18. The zero-order valence-corrected chi connectivity index (χ0v) is 13.1. The van der Waals surface area contributed by atoms with Crippen LogP contribution in [0, 0.1) is 12.8 Å². The lowest BCUT2D eigenvalue weighted by Crippen LogP contribution is -2.12. The zero-order valence-electron chi connectivity index (χ0n) is 11.5. The predicted molar refractivity (Wildman–Crippen MR) is 79.3 cm³/mol. The van der Waals surface area contributed by atoms with E-state index in [1.165, 1.54) is 11.1 Å². The number of alkyl halides is 1. The van der Waals surface area contributed by atoms with Gasteiger partial charge in [0.2, 0.25) is 0 Å². The lowest BCUT2D eigenvalue weighted by atomic mass is 10.1. The highest BCUT2D eigenvalue weighted by Crippen LogP contribution is 2.20. The maximum atomic E-state index is 5.83. The average molecular weight is 315 g/mol. The van der Waals surface area contributed by atoms with Crippen LogP contribution in [-0.4, -0.2) is 25.2 Å². The highest BCUT2D eigenvalue weighted by molar-refractivity contribution is 9.09. The van der Waals surface area contributed by atoms with Crippen LogP contribution in [-0.2, 0) is 9.47 Å². The van der Waals surface area contributed by atoms with Gasteiger partial charge in [0.05, 0.1) is 19.3 Å². The molecular formula is C15H23BrO2. The van der Waals surface area contributed by atoms with Crippen molar-refractivity contribution in [1.82, 2.24) is 0 Å². The largest absolute Gasteiger partial charge is 0.379 e. The molecule has 0 saturated heterocycles. The normalized spacial score (nSPS) is 12.9. The van der Waals surface area contributed by atoms with Gasteiger partial charge in [0.25, 0.3) is 0 Å². The molecule has 1 aromatic rings. The highest BCUT2D eigenvalue weighted by Gasteiger charge is 2.09. The second-order valence-electron chi connectivity index (χ2n) is 4.89. The van der Waals surface area contributed by atoms with E-state index in [2.05, 4.69) is 61.0 Å². The minimum absolute atomic E-state index is 0.105. The van der Waals surface area contributed by atoms with Gasteiger partial charge >= 0.3 is 0 Å². The Labute approximate surface area is 119 Å². The first kappa shape index (κ1) is 15.7. The number of halogens is 1. The number of hydrogen-bond donors (Lipinski definition) is 0. The van der Waals surface area contributed by atoms with Crippen molar-refractivity contribution >= 4 is 15.9 Å². The van der Waals surface area contributed by atoms with Crippen molar-refractivity contribution in [2.45, 2.75) is 26.9 Å². The van der Waals surface area contributed by atoms with Crippen LogP contribution in [0.5, 0.6) is 0 Å². The molecule has 1 aromatic carbocycles. The summed E-state index contributed by atoms with van der Waals surface area (Å²) in [4.78, 5) is 0. The first-order valence-electron chi connectivity index (χ1n) is 6.45. The summed E-state index contributed by atoms with van der Waals surface area (Å²) in [6.45, 7) is 8.48. The van der Waals surface area contributed by atoms with E-state index in [1.54, 1.807) is 0 Å². The highest BCUT2D eigenvalue weighted by atomic mass is 79.9. The molecule has 0 saturated carbocycles. The Morgan fingerprint density at radius 1 is 1.11 bits per heavy atom. The van der Waals surface area contributed by atoms with Crippen molar-refractivity contribution in [3.63, 3.8) is 0 Å². The third-order valence-electron chi connectivity index (χ3n) is 2.59. The Kier molecular flexibility index (Phi) is 7.56. The maximum Gasteiger partial charge on any atom is 0.0922 e. The smallest absolute Gasteiger partial charge is 0.0922 e. The molecule has 0 fully saturated rings. The molecule has 0 N–H and O–H groups in total. The van der Waals surface area contributed by atoms with E-state index in [0.717, 1.165) is 11.9 Å². The van der Waals surface area contributed by atoms with Crippen molar-refractivity contribution in [3.8, 4) is 0 Å². The van der Waals surface area contributed by atoms with Gasteiger partial charge in [-0.15, -0.1) is 0 Å². The van der Waals surface area contributed by atoms with Crippen LogP contribution in [0.2, 0.25) is 0 Å². The van der Waals surface area contributed by atoms with Crippen molar-refractivity contribution in [2.75, 3.05) is 25.2 Å². The maximum absolute atomic E-state index is 5.83. The van der Waals surface area contributed by atoms with E-state index in [1.807, 2.05) is 0 Å². The third kappa shape index (κ3) is 5.98. The van der Waals surface area contributed by atoms with Crippen LogP contribution >= 0.6 is 15.9 Å². The molecule has 102 valence electrons. The molecular weight excluding hydrogens is 292 g/mol. The Morgan fingerprint density at radius 3 is 2.33 bits per heavy atom. The fourth-order valence-electron chi connectivity index (χ4n) is 1.58. The van der Waals surface area contributed by atoms with Crippen LogP contribution in [0.15, 0.2) is 24.3 Å². The van der Waals surface area contributed by atoms with Crippen LogP contribution < -0.4 is 0 Å². The molecule has 0 aromatic heterocycles. The summed E-state index contributed by atoms with van der Waals surface area (Å²) in [5, 5.41) is 0.806. The Hall–Kier alpha value is -0.380. The van der Waals surface area contributed by atoms with Gasteiger partial charge in [0.1, 0.15) is 0 Å². The van der Waals surface area contributed by atoms with Crippen molar-refractivity contribution in [3.05, 3.63) is 35.4 Å². The number of rotatable bonds is 8. The molecule has 0 spiro atoms. The number of ether oxygens (including phenoxy) is 2. The van der Waals surface area contributed by atoms with Crippen molar-refractivity contribution in [2.24, 2.45) is 5.92 Å². The molecule has 0 aliphatic rings. The topological polar surface area (TPSA) is 18.5 Å². The second kappa shape index (κ2) is 8.68. The van der Waals surface area contributed by atoms with Gasteiger partial charge in [-0.3, -0.25) is 0 Å². The predicted octanol–water partition coefficient (Wildman–Crippen LogP) is 4.12. The molecule has 3 heteroatoms. The molecule has 0 bridgehead atoms. The molecule has 2 nitrogen and oxygen atoms in total. The summed E-state index contributed by atoms with van der Waals surface area (Å²) >= 11 is 3.50. The minimum atomic E-state index is 0.105. The molecule has 0 aliphatic carbocycles. The second-order valence-corrected chi connectivity index (χ2v) is 5.54. The van der Waals surface area contributed by atoms with Gasteiger partial charge in [-0.05, 0) is 18.4 Å². The molecule has 18 heavy (non-hydrogen) atoms. The Bertz CT molecular complexity index is 322. The molecule has 0 heterocycles. The van der Waals surface area contributed by atoms with E-state index in [-0.39, 0.29) is 6.10 Å². The van der Waals surface area contributed by atoms with Gasteiger partial charge < -0.3 is 9.47 Å². The molecule has 1 unspecified atom stereocenters. The Balaban J connectivity index is 2.31. The fraction of sp³-hybridized carbons (Fsp3) is 0.600. The number of hydrogen-bond acceptors (Lipinski definition) is 2. The van der Waals surface area contributed by atoms with Crippen LogP contribution in [0.1, 0.15) is 31.1 Å². The van der Waals surface area contributed by atoms with Crippen LogP contribution in [0.4, 0.5) is 0 Å². The van der Waals surface area contributed by atoms with Gasteiger partial charge in [0, 0.05) is 11.9 Å². The van der Waals surface area contributed by atoms with Crippen molar-refractivity contribution < 1.29 is 9.47 Å². The molecule has 1 rings (SSSR count). The van der Waals surface area contributed by atoms with Crippen LogP contribution in [0.25, 0.3) is 0 Å². The number of benzene rings is 1. The van der Waals surface area contributed by atoms with Crippen LogP contribution in [0.3, 0.4) is 0 Å². The lowest BCUT2D eigenvalue weighted by molar-refractivity contribution is 0.00760. The summed E-state index contributed by atoms with van der Waals surface area (Å²) in [6, 6.07) is 8.47. The molecule has 0 amide bonds. The summed E-state index contributed by atoms with van der Waals surface area (Å²) in [6.07, 6.45) is 0.105. The van der Waals surface area contributed by atoms with Gasteiger partial charge in [-0.25, -0.2) is 0 Å². The number of aryl methyl sites for hydroxylation is 1. The summed E-state index contributed by atoms with van der Waals surface area (Å²) in [5.41, 5.74) is 2.48. The Morgan fingerprint density at radius 2 is 1.78 bits per heavy atom. The minimum Gasteiger partial charge on any atom is -0.379 e. The van der Waals surface area contributed by atoms with E-state index >= 15 is 0 Å². The molecule has 0 aliphatic heterocycles. The fourth-order valence-corrected chi connectivity index (χ4v) is 2.14. The van der Waals surface area contributed by atoms with Gasteiger partial charge in [-0.1, -0.05) is 59.6 Å². The standard InChI is InChI=1S/C15H23BrO2/c1-12(2)11-17-8-9-18-15(10-16)14-6-4-13(3)5-7-14/h4-7,12,15H,8-11H2,1-3H3. The van der Waals surface area contributed by atoms with E-state index in [9.17, 15) is 0 Å². The monoisotopic (exact) mass is 314 g/mol. The average Bonchev–Trinajstić information content (AvgIpc) is 2.35. The summed E-state index contributed by atoms with van der Waals surface area (Å²) < 4.78 is 11.3. The first-order chi connectivity index (χ1) is 8.63. The van der Waals surface area contributed by atoms with Gasteiger partial charge in [0.15, 0.2) is 0 Å². The zero-order chi connectivity index (χ0) is 13.4. The first-order valence-corrected chi connectivity index (χ1v) is 7.57. The van der Waals surface area contributed by atoms with Gasteiger partial charge in [-0.2, -0.15) is 0 Å². The van der Waals surface area contributed by atoms with Crippen molar-refractivity contribution in [1.29, 1.82) is 0 Å². The lowest BCUT2D eigenvalue weighted by Gasteiger charge is -2.16. The van der Waals surface area contributed by atoms with E-state index < -0.39 is 0 Å². The summed E-state index contributed by atoms with van der Waals surface area (Å²) in [5.74, 6) is 0.578. The molecule has 1 atom stereocenters. The van der Waals surface area contributed by atoms with E-state index in [4.69, 9.17) is 9.47 Å². The molecule has 0 radical (unpaired) electrons.